The van der Waals surface area contributed by atoms with E-state index in [1.54, 1.807) is 38.4 Å². The fourth-order valence-electron chi connectivity index (χ4n) is 3.99. The summed E-state index contributed by atoms with van der Waals surface area (Å²) < 4.78 is 10.4. The fourth-order valence-corrected chi connectivity index (χ4v) is 3.99. The first kappa shape index (κ1) is 23.8. The molecule has 2 unspecified atom stereocenters. The van der Waals surface area contributed by atoms with Crippen LogP contribution in [0.25, 0.3) is 0 Å². The second-order valence-electron chi connectivity index (χ2n) is 8.01. The fraction of sp³-hybridized carbons (Fsp3) is 0.333. The van der Waals surface area contributed by atoms with Crippen LogP contribution in [0.5, 0.6) is 5.75 Å². The standard InChI is InChI=1S/C24H28N4O5/c1-28(2)21(29)20(23(31)32-3)14-10-12-15(13-11-14)33-22(30)18-8-4-7-17-16(18)6-5-9-19(17)27-24(25)26/h5-6,9-13,18,20H,4,7-8H2,1-3H3,(H4,25,26,27). The number of hydrogen-bond donors (Lipinski definition) is 2. The van der Waals surface area contributed by atoms with Crippen LogP contribution in [0, 0.1) is 0 Å². The van der Waals surface area contributed by atoms with E-state index < -0.39 is 23.7 Å². The van der Waals surface area contributed by atoms with Crippen LogP contribution in [0.3, 0.4) is 0 Å². The van der Waals surface area contributed by atoms with Gasteiger partial charge in [0.25, 0.3) is 0 Å². The lowest BCUT2D eigenvalue weighted by Gasteiger charge is -2.25. The average molecular weight is 453 g/mol. The third-order valence-corrected chi connectivity index (χ3v) is 5.57. The summed E-state index contributed by atoms with van der Waals surface area (Å²) in [5.74, 6) is -2.70. The number of fused-ring (bicyclic) bond motifs is 1. The van der Waals surface area contributed by atoms with E-state index in [1.165, 1.54) is 12.0 Å². The maximum atomic E-state index is 13.0. The number of esters is 2. The predicted molar refractivity (Wildman–Crippen MR) is 123 cm³/mol. The Morgan fingerprint density at radius 1 is 1.09 bits per heavy atom. The minimum atomic E-state index is -1.09. The molecule has 0 bridgehead atoms. The maximum absolute atomic E-state index is 13.0. The summed E-state index contributed by atoms with van der Waals surface area (Å²) in [6, 6.07) is 11.8. The van der Waals surface area contributed by atoms with Crippen molar-refractivity contribution in [1.82, 2.24) is 4.90 Å². The molecule has 9 heteroatoms. The van der Waals surface area contributed by atoms with Gasteiger partial charge in [0.15, 0.2) is 11.9 Å². The van der Waals surface area contributed by atoms with E-state index in [0.717, 1.165) is 24.0 Å². The summed E-state index contributed by atoms with van der Waals surface area (Å²) >= 11 is 0. The summed E-state index contributed by atoms with van der Waals surface area (Å²) in [4.78, 5) is 43.1. The lowest BCUT2D eigenvalue weighted by atomic mass is 9.82. The van der Waals surface area contributed by atoms with Crippen LogP contribution in [-0.2, 0) is 25.5 Å². The molecule has 33 heavy (non-hydrogen) atoms. The van der Waals surface area contributed by atoms with Gasteiger partial charge in [-0.05, 0) is 54.2 Å². The number of carbonyl (C=O) groups is 3. The third kappa shape index (κ3) is 5.31. The van der Waals surface area contributed by atoms with E-state index >= 15 is 0 Å². The highest BCUT2D eigenvalue weighted by Gasteiger charge is 2.32. The summed E-state index contributed by atoms with van der Waals surface area (Å²) in [5.41, 5.74) is 14.0. The van der Waals surface area contributed by atoms with Crippen molar-refractivity contribution in [2.75, 3.05) is 21.2 Å². The van der Waals surface area contributed by atoms with Gasteiger partial charge in [-0.3, -0.25) is 14.4 Å². The molecular weight excluding hydrogens is 424 g/mol. The average Bonchev–Trinajstić information content (AvgIpc) is 2.79. The molecule has 0 spiro atoms. The van der Waals surface area contributed by atoms with Gasteiger partial charge in [-0.15, -0.1) is 0 Å². The lowest BCUT2D eigenvalue weighted by Crippen LogP contribution is -2.33. The van der Waals surface area contributed by atoms with Gasteiger partial charge in [0.05, 0.1) is 18.7 Å². The molecule has 9 nitrogen and oxygen atoms in total. The number of guanidine groups is 1. The zero-order valence-corrected chi connectivity index (χ0v) is 18.9. The molecule has 0 saturated heterocycles. The smallest absolute Gasteiger partial charge is 0.322 e. The minimum absolute atomic E-state index is 0.0359. The van der Waals surface area contributed by atoms with Crippen molar-refractivity contribution < 1.29 is 23.9 Å². The van der Waals surface area contributed by atoms with Crippen LogP contribution < -0.4 is 16.2 Å². The van der Waals surface area contributed by atoms with Gasteiger partial charge in [0.1, 0.15) is 5.75 Å². The van der Waals surface area contributed by atoms with Crippen molar-refractivity contribution in [2.45, 2.75) is 31.1 Å². The third-order valence-electron chi connectivity index (χ3n) is 5.57. The molecule has 2 aromatic rings. The predicted octanol–water partition coefficient (Wildman–Crippen LogP) is 1.96. The van der Waals surface area contributed by atoms with Gasteiger partial charge < -0.3 is 25.8 Å². The van der Waals surface area contributed by atoms with Crippen molar-refractivity contribution in [3.63, 3.8) is 0 Å². The topological polar surface area (TPSA) is 137 Å². The highest BCUT2D eigenvalue weighted by molar-refractivity contribution is 6.03. The van der Waals surface area contributed by atoms with Crippen molar-refractivity contribution in [1.29, 1.82) is 0 Å². The molecule has 174 valence electrons. The van der Waals surface area contributed by atoms with Crippen LogP contribution >= 0.6 is 0 Å². The van der Waals surface area contributed by atoms with Crippen LogP contribution in [-0.4, -0.2) is 49.9 Å². The number of nitrogens with two attached hydrogens (primary N) is 2. The Kier molecular flexibility index (Phi) is 7.32. The molecule has 1 aliphatic rings. The molecule has 1 aliphatic carbocycles. The molecule has 0 heterocycles. The summed E-state index contributed by atoms with van der Waals surface area (Å²) in [6.45, 7) is 0. The molecule has 0 aliphatic heterocycles. The molecule has 4 N–H and O–H groups in total. The number of aliphatic imine (C=N–C) groups is 1. The van der Waals surface area contributed by atoms with Crippen molar-refractivity contribution in [3.8, 4) is 5.75 Å². The zero-order chi connectivity index (χ0) is 24.1. The molecule has 2 atom stereocenters. The molecule has 3 rings (SSSR count). The number of methoxy groups -OCH3 is 1. The van der Waals surface area contributed by atoms with Gasteiger partial charge in [0, 0.05) is 14.1 Å². The first-order valence-corrected chi connectivity index (χ1v) is 10.5. The summed E-state index contributed by atoms with van der Waals surface area (Å²) in [7, 11) is 4.36. The maximum Gasteiger partial charge on any atom is 0.322 e. The van der Waals surface area contributed by atoms with Crippen LogP contribution in [0.1, 0.15) is 41.4 Å². The number of hydrogen-bond acceptors (Lipinski definition) is 6. The SMILES string of the molecule is COC(=O)C(C(=O)N(C)C)c1ccc(OC(=O)C2CCCc3c(N=C(N)N)cccc32)cc1. The highest BCUT2D eigenvalue weighted by atomic mass is 16.5. The van der Waals surface area contributed by atoms with E-state index in [4.69, 9.17) is 20.9 Å². The quantitative estimate of drug-likeness (QED) is 0.225. The molecule has 0 aromatic heterocycles. The Balaban J connectivity index is 1.80. The van der Waals surface area contributed by atoms with Crippen molar-refractivity contribution >= 4 is 29.5 Å². The number of nitrogens with zero attached hydrogens (tertiary/aromatic N) is 2. The Labute approximate surface area is 192 Å². The molecule has 1 amide bonds. The molecular formula is C24H28N4O5. The molecule has 0 radical (unpaired) electrons. The Morgan fingerprint density at radius 2 is 1.79 bits per heavy atom. The molecule has 2 aromatic carbocycles. The van der Waals surface area contributed by atoms with Crippen LogP contribution in [0.4, 0.5) is 5.69 Å². The first-order valence-electron chi connectivity index (χ1n) is 10.5. The van der Waals surface area contributed by atoms with Gasteiger partial charge >= 0.3 is 11.9 Å². The van der Waals surface area contributed by atoms with E-state index in [9.17, 15) is 14.4 Å². The van der Waals surface area contributed by atoms with E-state index in [1.807, 2.05) is 18.2 Å². The monoisotopic (exact) mass is 452 g/mol. The number of ether oxygens (including phenoxy) is 2. The number of carbonyl (C=O) groups excluding carboxylic acids is 3. The second kappa shape index (κ2) is 10.2. The zero-order valence-electron chi connectivity index (χ0n) is 18.9. The molecule has 0 fully saturated rings. The lowest BCUT2D eigenvalue weighted by molar-refractivity contribution is -0.148. The normalized spacial score (nSPS) is 15.5. The van der Waals surface area contributed by atoms with E-state index in [0.29, 0.717) is 23.4 Å². The largest absolute Gasteiger partial charge is 0.468 e. The highest BCUT2D eigenvalue weighted by Crippen LogP contribution is 2.37. The number of benzene rings is 2. The number of likely N-dealkylation sites (N-methyl/N-ethyl adjacent to an activating group) is 1. The van der Waals surface area contributed by atoms with Crippen LogP contribution in [0.15, 0.2) is 47.5 Å². The Bertz CT molecular complexity index is 1070. The van der Waals surface area contributed by atoms with Gasteiger partial charge in [-0.25, -0.2) is 4.99 Å². The summed E-state index contributed by atoms with van der Waals surface area (Å²) in [5, 5.41) is 0. The Hall–Kier alpha value is -3.88. The van der Waals surface area contributed by atoms with Gasteiger partial charge in [-0.2, -0.15) is 0 Å². The molecule has 0 saturated carbocycles. The van der Waals surface area contributed by atoms with E-state index in [-0.39, 0.29) is 11.9 Å². The number of amides is 1. The van der Waals surface area contributed by atoms with Gasteiger partial charge in [0.2, 0.25) is 5.91 Å². The minimum Gasteiger partial charge on any atom is -0.468 e. The van der Waals surface area contributed by atoms with Crippen molar-refractivity contribution in [2.24, 2.45) is 16.5 Å². The van der Waals surface area contributed by atoms with Crippen molar-refractivity contribution in [3.05, 3.63) is 59.2 Å². The number of rotatable bonds is 6. The second-order valence-corrected chi connectivity index (χ2v) is 8.01. The van der Waals surface area contributed by atoms with Crippen LogP contribution in [0.2, 0.25) is 0 Å². The Morgan fingerprint density at radius 3 is 2.39 bits per heavy atom. The summed E-state index contributed by atoms with van der Waals surface area (Å²) in [6.07, 6.45) is 2.22. The first-order chi connectivity index (χ1) is 15.7. The van der Waals surface area contributed by atoms with E-state index in [2.05, 4.69) is 4.99 Å². The van der Waals surface area contributed by atoms with Gasteiger partial charge in [-0.1, -0.05) is 24.3 Å².